The summed E-state index contributed by atoms with van der Waals surface area (Å²) in [6, 6.07) is 44.4. The topological polar surface area (TPSA) is 9.23 Å². The monoisotopic (exact) mass is 506 g/mol. The van der Waals surface area contributed by atoms with Crippen LogP contribution in [0.15, 0.2) is 121 Å². The number of rotatable bonds is 6. The van der Waals surface area contributed by atoms with Crippen LogP contribution in [0, 0.1) is 5.92 Å². The predicted molar refractivity (Wildman–Crippen MR) is 165 cm³/mol. The fourth-order valence-electron chi connectivity index (χ4n) is 6.74. The second-order valence-electron chi connectivity index (χ2n) is 11.1. The molecule has 0 unspecified atom stereocenters. The van der Waals surface area contributed by atoms with Crippen molar-refractivity contribution in [1.82, 2.24) is 0 Å². The van der Waals surface area contributed by atoms with Crippen LogP contribution in [-0.2, 0) is 0 Å². The highest BCUT2D eigenvalue weighted by molar-refractivity contribution is 5.96. The van der Waals surface area contributed by atoms with E-state index in [4.69, 9.17) is 4.74 Å². The summed E-state index contributed by atoms with van der Waals surface area (Å²) >= 11 is 0. The molecule has 1 aliphatic carbocycles. The summed E-state index contributed by atoms with van der Waals surface area (Å²) in [5.74, 6) is 1.77. The lowest BCUT2D eigenvalue weighted by Crippen LogP contribution is -2.15. The van der Waals surface area contributed by atoms with Gasteiger partial charge in [-0.1, -0.05) is 135 Å². The van der Waals surface area contributed by atoms with Crippen molar-refractivity contribution in [2.24, 2.45) is 5.92 Å². The zero-order valence-corrected chi connectivity index (χ0v) is 22.4. The molecule has 0 atom stereocenters. The third-order valence-corrected chi connectivity index (χ3v) is 8.70. The highest BCUT2D eigenvalue weighted by atomic mass is 16.5. The Morgan fingerprint density at radius 2 is 1.00 bits per heavy atom. The molecule has 0 heterocycles. The first kappa shape index (κ1) is 24.0. The Morgan fingerprint density at radius 1 is 0.487 bits per heavy atom. The molecule has 0 N–H and O–H groups in total. The number of benzene rings is 6. The first-order valence-corrected chi connectivity index (χ1v) is 14.5. The summed E-state index contributed by atoms with van der Waals surface area (Å²) in [4.78, 5) is 0. The van der Waals surface area contributed by atoms with Crippen LogP contribution in [0.5, 0.6) is 5.75 Å². The third kappa shape index (κ3) is 4.57. The second-order valence-corrected chi connectivity index (χ2v) is 11.1. The fraction of sp³-hybridized carbons (Fsp3) is 0.211. The van der Waals surface area contributed by atoms with E-state index in [1.54, 1.807) is 0 Å². The van der Waals surface area contributed by atoms with Gasteiger partial charge < -0.3 is 4.74 Å². The van der Waals surface area contributed by atoms with E-state index in [0.717, 1.165) is 12.4 Å². The summed E-state index contributed by atoms with van der Waals surface area (Å²) in [6.45, 7) is 0.819. The van der Waals surface area contributed by atoms with Crippen molar-refractivity contribution >= 4 is 32.3 Å². The number of hydrogen-bond acceptors (Lipinski definition) is 1. The molecule has 39 heavy (non-hydrogen) atoms. The highest BCUT2D eigenvalue weighted by Gasteiger charge is 2.24. The number of fused-ring (bicyclic) bond motifs is 3. The van der Waals surface area contributed by atoms with Gasteiger partial charge in [0.25, 0.3) is 0 Å². The standard InChI is InChI=1S/C38H34O/c1-2-12-27(13-3-1)26-39-37-25-24-36(32-20-8-9-21-33(32)37)38(34-22-10-16-28-14-4-6-18-30(28)34)35-23-11-17-29-15-5-7-19-31(29)35/h4-11,14-25,27,38H,1-3,12-13,26H2. The molecule has 192 valence electrons. The quantitative estimate of drug-likeness (QED) is 0.204. The van der Waals surface area contributed by atoms with Gasteiger partial charge in [0.1, 0.15) is 5.75 Å². The number of ether oxygens (including phenoxy) is 1. The minimum atomic E-state index is 0.0829. The van der Waals surface area contributed by atoms with Gasteiger partial charge in [0, 0.05) is 11.3 Å². The van der Waals surface area contributed by atoms with Crippen LogP contribution < -0.4 is 4.74 Å². The first-order chi connectivity index (χ1) is 19.4. The molecule has 0 aromatic heterocycles. The molecule has 6 aromatic carbocycles. The van der Waals surface area contributed by atoms with Crippen molar-refractivity contribution in [1.29, 1.82) is 0 Å². The number of hydrogen-bond donors (Lipinski definition) is 0. The molecule has 1 saturated carbocycles. The molecule has 0 spiro atoms. The molecule has 0 bridgehead atoms. The lowest BCUT2D eigenvalue weighted by Gasteiger charge is -2.25. The molecule has 0 aliphatic heterocycles. The Morgan fingerprint density at radius 3 is 1.64 bits per heavy atom. The Balaban J connectivity index is 1.43. The maximum absolute atomic E-state index is 6.55. The van der Waals surface area contributed by atoms with Crippen LogP contribution in [0.1, 0.15) is 54.7 Å². The zero-order chi connectivity index (χ0) is 26.0. The van der Waals surface area contributed by atoms with Gasteiger partial charge in [0.05, 0.1) is 6.61 Å². The molecule has 0 amide bonds. The van der Waals surface area contributed by atoms with Crippen molar-refractivity contribution in [3.8, 4) is 5.75 Å². The molecule has 7 rings (SSSR count). The van der Waals surface area contributed by atoms with E-state index in [1.165, 1.54) is 81.1 Å². The molecule has 1 heteroatoms. The zero-order valence-electron chi connectivity index (χ0n) is 22.4. The van der Waals surface area contributed by atoms with Crippen molar-refractivity contribution < 1.29 is 4.74 Å². The molecule has 1 aliphatic rings. The van der Waals surface area contributed by atoms with E-state index >= 15 is 0 Å². The average molecular weight is 507 g/mol. The smallest absolute Gasteiger partial charge is 0.127 e. The van der Waals surface area contributed by atoms with E-state index in [-0.39, 0.29) is 5.92 Å². The van der Waals surface area contributed by atoms with Crippen LogP contribution in [0.3, 0.4) is 0 Å². The molecule has 1 fully saturated rings. The van der Waals surface area contributed by atoms with Gasteiger partial charge in [-0.25, -0.2) is 0 Å². The molecule has 6 aromatic rings. The highest BCUT2D eigenvalue weighted by Crippen LogP contribution is 2.43. The van der Waals surface area contributed by atoms with E-state index < -0.39 is 0 Å². The fourth-order valence-corrected chi connectivity index (χ4v) is 6.74. The third-order valence-electron chi connectivity index (χ3n) is 8.70. The van der Waals surface area contributed by atoms with Crippen LogP contribution in [-0.4, -0.2) is 6.61 Å². The van der Waals surface area contributed by atoms with Crippen molar-refractivity contribution in [2.45, 2.75) is 38.0 Å². The molecule has 0 saturated heterocycles. The molecule has 1 nitrogen and oxygen atoms in total. The minimum Gasteiger partial charge on any atom is -0.493 e. The summed E-state index contributed by atoms with van der Waals surface area (Å²) < 4.78 is 6.55. The van der Waals surface area contributed by atoms with Crippen LogP contribution in [0.2, 0.25) is 0 Å². The van der Waals surface area contributed by atoms with Gasteiger partial charge in [0.15, 0.2) is 0 Å². The van der Waals surface area contributed by atoms with Crippen LogP contribution in [0.25, 0.3) is 32.3 Å². The van der Waals surface area contributed by atoms with Crippen LogP contribution >= 0.6 is 0 Å². The van der Waals surface area contributed by atoms with Gasteiger partial charge >= 0.3 is 0 Å². The normalized spacial score (nSPS) is 14.4. The summed E-state index contributed by atoms with van der Waals surface area (Å²) in [5.41, 5.74) is 4.00. The Hall–Kier alpha value is -4.10. The average Bonchev–Trinajstić information content (AvgIpc) is 3.01. The SMILES string of the molecule is c1ccc2c(C(c3cccc4ccccc34)c3ccc(OCC4CCCCC4)c4ccccc34)cccc2c1. The molecular formula is C38H34O. The summed E-state index contributed by atoms with van der Waals surface area (Å²) in [5, 5.41) is 7.63. The van der Waals surface area contributed by atoms with E-state index in [9.17, 15) is 0 Å². The Kier molecular flexibility index (Phi) is 6.50. The van der Waals surface area contributed by atoms with Crippen molar-refractivity contribution in [3.63, 3.8) is 0 Å². The first-order valence-electron chi connectivity index (χ1n) is 14.5. The van der Waals surface area contributed by atoms with Gasteiger partial charge in [-0.2, -0.15) is 0 Å². The van der Waals surface area contributed by atoms with Crippen molar-refractivity contribution in [3.05, 3.63) is 138 Å². The van der Waals surface area contributed by atoms with Gasteiger partial charge in [-0.15, -0.1) is 0 Å². The maximum atomic E-state index is 6.55. The van der Waals surface area contributed by atoms with Gasteiger partial charge in [-0.3, -0.25) is 0 Å². The Labute approximate surface area is 231 Å². The van der Waals surface area contributed by atoms with E-state index in [2.05, 4.69) is 121 Å². The Bertz CT molecular complexity index is 1670. The molecule has 0 radical (unpaired) electrons. The molecular weight excluding hydrogens is 472 g/mol. The van der Waals surface area contributed by atoms with Crippen molar-refractivity contribution in [2.75, 3.05) is 6.61 Å². The largest absolute Gasteiger partial charge is 0.493 e. The predicted octanol–water partition coefficient (Wildman–Crippen LogP) is 10.3. The van der Waals surface area contributed by atoms with Gasteiger partial charge in [-0.05, 0) is 68.4 Å². The summed E-state index contributed by atoms with van der Waals surface area (Å²) in [7, 11) is 0. The van der Waals surface area contributed by atoms with Crippen LogP contribution in [0.4, 0.5) is 0 Å². The second kappa shape index (κ2) is 10.6. The van der Waals surface area contributed by atoms with Gasteiger partial charge in [0.2, 0.25) is 0 Å². The lowest BCUT2D eigenvalue weighted by atomic mass is 9.79. The van der Waals surface area contributed by atoms with E-state index in [1.807, 2.05) is 0 Å². The maximum Gasteiger partial charge on any atom is 0.127 e. The summed E-state index contributed by atoms with van der Waals surface area (Å²) in [6.07, 6.45) is 6.63. The van der Waals surface area contributed by atoms with E-state index in [0.29, 0.717) is 5.92 Å². The lowest BCUT2D eigenvalue weighted by molar-refractivity contribution is 0.210. The minimum absolute atomic E-state index is 0.0829.